The van der Waals surface area contributed by atoms with E-state index in [0.29, 0.717) is 40.9 Å². The molecule has 0 spiro atoms. The number of primary amides is 1. The van der Waals surface area contributed by atoms with Crippen LogP contribution >= 0.6 is 0 Å². The van der Waals surface area contributed by atoms with E-state index in [1.54, 1.807) is 7.11 Å². The maximum Gasteiger partial charge on any atom is 0.316 e. The van der Waals surface area contributed by atoms with Crippen LogP contribution in [-0.4, -0.2) is 61.7 Å². The number of hydrogen-bond acceptors (Lipinski definition) is 6. The average Bonchev–Trinajstić information content (AvgIpc) is 3.45. The van der Waals surface area contributed by atoms with Gasteiger partial charge in [-0.25, -0.2) is 14.8 Å². The molecule has 3 amide bonds. The Labute approximate surface area is 266 Å². The lowest BCUT2D eigenvalue weighted by Crippen LogP contribution is -2.41. The third-order valence-corrected chi connectivity index (χ3v) is 10.3. The van der Waals surface area contributed by atoms with Crippen molar-refractivity contribution in [3.63, 3.8) is 0 Å². The Bertz CT molecular complexity index is 2060. The number of anilines is 1. The summed E-state index contributed by atoms with van der Waals surface area (Å²) in [5.41, 5.74) is 19.1. The van der Waals surface area contributed by atoms with Gasteiger partial charge in [0.25, 0.3) is 5.91 Å². The van der Waals surface area contributed by atoms with Gasteiger partial charge in [-0.3, -0.25) is 4.79 Å². The highest BCUT2D eigenvalue weighted by molar-refractivity contribution is 6.00. The molecule has 2 bridgehead atoms. The van der Waals surface area contributed by atoms with Crippen LogP contribution in [0.2, 0.25) is 0 Å². The molecule has 3 atom stereocenters. The number of piperidine rings is 1. The van der Waals surface area contributed by atoms with Gasteiger partial charge in [-0.2, -0.15) is 0 Å². The molecule has 5 aromatic rings. The van der Waals surface area contributed by atoms with E-state index in [4.69, 9.17) is 26.2 Å². The number of nitrogens with two attached hydrogens (primary N) is 2. The van der Waals surface area contributed by atoms with Crippen LogP contribution in [-0.2, 0) is 13.6 Å². The van der Waals surface area contributed by atoms with Crippen LogP contribution in [0.5, 0.6) is 5.75 Å². The molecule has 5 N–H and O–H groups in total. The Hall–Kier alpha value is -4.90. The lowest BCUT2D eigenvalue weighted by Gasteiger charge is -2.27. The van der Waals surface area contributed by atoms with E-state index in [-0.39, 0.29) is 18.0 Å². The molecule has 11 heteroatoms. The van der Waals surface area contributed by atoms with Crippen molar-refractivity contribution in [1.82, 2.24) is 24.0 Å². The smallest absolute Gasteiger partial charge is 0.316 e. The molecule has 0 radical (unpaired) electrons. The van der Waals surface area contributed by atoms with Crippen molar-refractivity contribution >= 4 is 39.7 Å². The number of carbonyl (C=O) groups is 2. The van der Waals surface area contributed by atoms with Gasteiger partial charge < -0.3 is 35.6 Å². The van der Waals surface area contributed by atoms with Crippen molar-refractivity contribution in [2.75, 3.05) is 19.0 Å². The predicted octanol–water partition coefficient (Wildman–Crippen LogP) is 5.04. The summed E-state index contributed by atoms with van der Waals surface area (Å²) in [6, 6.07) is 15.3. The topological polar surface area (TPSA) is 146 Å². The minimum absolute atomic E-state index is 0.0139. The number of ether oxygens (including phenoxy) is 1. The van der Waals surface area contributed by atoms with Crippen LogP contribution < -0.4 is 21.5 Å². The van der Waals surface area contributed by atoms with Gasteiger partial charge in [0.05, 0.1) is 24.0 Å². The second kappa shape index (κ2) is 10.6. The van der Waals surface area contributed by atoms with Crippen LogP contribution in [0.4, 0.5) is 10.5 Å². The first-order valence-corrected chi connectivity index (χ1v) is 16.0. The summed E-state index contributed by atoms with van der Waals surface area (Å²) < 4.78 is 10.2. The van der Waals surface area contributed by atoms with E-state index in [9.17, 15) is 9.59 Å². The summed E-state index contributed by atoms with van der Waals surface area (Å²) in [5, 5.41) is 3.72. The summed E-state index contributed by atoms with van der Waals surface area (Å²) in [7, 11) is 3.63. The summed E-state index contributed by atoms with van der Waals surface area (Å²) in [6.45, 7) is 3.50. The number of carbonyl (C=O) groups excluding carboxylic acids is 2. The lowest BCUT2D eigenvalue weighted by molar-refractivity contribution is 0.0700. The summed E-state index contributed by atoms with van der Waals surface area (Å²) in [6.07, 6.45) is 4.41. The summed E-state index contributed by atoms with van der Waals surface area (Å²) in [5.74, 6) is 2.34. The van der Waals surface area contributed by atoms with E-state index in [0.717, 1.165) is 64.3 Å². The first-order valence-electron chi connectivity index (χ1n) is 16.0. The Balaban J connectivity index is 1.23. The summed E-state index contributed by atoms with van der Waals surface area (Å²) >= 11 is 0. The number of pyridine rings is 1. The second-order valence-corrected chi connectivity index (χ2v) is 13.1. The number of fused-ring (bicyclic) bond motifs is 4. The van der Waals surface area contributed by atoms with Gasteiger partial charge in [0.2, 0.25) is 0 Å². The zero-order valence-corrected chi connectivity index (χ0v) is 26.3. The minimum Gasteiger partial charge on any atom is -0.494 e. The molecule has 11 nitrogen and oxygen atoms in total. The van der Waals surface area contributed by atoms with Crippen molar-refractivity contribution in [3.05, 3.63) is 59.7 Å². The predicted molar refractivity (Wildman–Crippen MR) is 178 cm³/mol. The standard InChI is InChI=1S/C35H38N8O3/c1-18-23(5-4-6-24(18)40-35(37)45)25-11-9-20-14-28(42(32(20)38-25)16-19-7-8-19)33-39-26-13-22(15-29(46-3)31(26)41(33)2)34(44)43-17-21-10-12-27(43)30(21)36/h4-6,9,11,13-15,19,21,27,30H,7-8,10,12,16-17,36H2,1-3H3,(H3,37,40,45). The summed E-state index contributed by atoms with van der Waals surface area (Å²) in [4.78, 5) is 37.6. The SMILES string of the molecule is COc1cc(C(=O)N2CC3CCC2C3N)cc2nc(-c3cc4ccc(-c5cccc(NC(N)=O)c5C)nc4n3CC3CC3)n(C)c12. The first kappa shape index (κ1) is 28.6. The number of aryl methyl sites for hydroxylation is 1. The quantitative estimate of drug-likeness (QED) is 0.233. The highest BCUT2D eigenvalue weighted by Gasteiger charge is 2.47. The number of benzene rings is 2. The van der Waals surface area contributed by atoms with Crippen molar-refractivity contribution < 1.29 is 14.3 Å². The van der Waals surface area contributed by atoms with Crippen LogP contribution in [0.3, 0.4) is 0 Å². The van der Waals surface area contributed by atoms with Crippen LogP contribution in [0.15, 0.2) is 48.5 Å². The first-order chi connectivity index (χ1) is 22.2. The maximum absolute atomic E-state index is 13.7. The highest BCUT2D eigenvalue weighted by atomic mass is 16.5. The van der Waals surface area contributed by atoms with Gasteiger partial charge in [-0.1, -0.05) is 12.1 Å². The highest BCUT2D eigenvalue weighted by Crippen LogP contribution is 2.40. The second-order valence-electron chi connectivity index (χ2n) is 13.1. The number of rotatable bonds is 7. The Kier molecular flexibility index (Phi) is 6.57. The number of aromatic nitrogens is 4. The third-order valence-electron chi connectivity index (χ3n) is 10.3. The average molecular weight is 619 g/mol. The fourth-order valence-corrected chi connectivity index (χ4v) is 7.65. The van der Waals surface area contributed by atoms with Crippen molar-refractivity contribution in [3.8, 4) is 28.5 Å². The molecule has 1 aliphatic heterocycles. The Morgan fingerprint density at radius 2 is 1.89 bits per heavy atom. The number of nitrogens with one attached hydrogen (secondary N) is 1. The van der Waals surface area contributed by atoms with Crippen molar-refractivity contribution in [2.45, 2.75) is 51.2 Å². The number of imidazole rings is 1. The molecule has 3 fully saturated rings. The van der Waals surface area contributed by atoms with Gasteiger partial charge in [-0.15, -0.1) is 0 Å². The zero-order chi connectivity index (χ0) is 31.9. The molecule has 3 aromatic heterocycles. The van der Waals surface area contributed by atoms with Crippen LogP contribution in [0, 0.1) is 18.8 Å². The minimum atomic E-state index is -0.602. The molecule has 2 aromatic carbocycles. The largest absolute Gasteiger partial charge is 0.494 e. The fraction of sp³-hybridized carbons (Fsp3) is 0.371. The Morgan fingerprint density at radius 1 is 1.07 bits per heavy atom. The monoisotopic (exact) mass is 618 g/mol. The van der Waals surface area contributed by atoms with E-state index in [1.807, 2.05) is 55.3 Å². The van der Waals surface area contributed by atoms with E-state index in [1.165, 1.54) is 12.8 Å². The van der Waals surface area contributed by atoms with Gasteiger partial charge >= 0.3 is 6.03 Å². The van der Waals surface area contributed by atoms with Gasteiger partial charge in [-0.05, 0) is 86.4 Å². The van der Waals surface area contributed by atoms with E-state index < -0.39 is 6.03 Å². The number of hydrogen-bond donors (Lipinski definition) is 3. The molecule has 3 unspecified atom stereocenters. The number of amides is 3. The third kappa shape index (κ3) is 4.52. The number of methoxy groups -OCH3 is 1. The van der Waals surface area contributed by atoms with Gasteiger partial charge in [0, 0.05) is 54.4 Å². The van der Waals surface area contributed by atoms with Gasteiger partial charge in [0.1, 0.15) is 16.9 Å². The molecule has 4 heterocycles. The maximum atomic E-state index is 13.7. The van der Waals surface area contributed by atoms with Crippen LogP contribution in [0.1, 0.15) is 41.6 Å². The van der Waals surface area contributed by atoms with Crippen LogP contribution in [0.25, 0.3) is 44.8 Å². The molecule has 3 aliphatic rings. The zero-order valence-electron chi connectivity index (χ0n) is 26.3. The fourth-order valence-electron chi connectivity index (χ4n) is 7.65. The molecule has 2 saturated carbocycles. The molecule has 46 heavy (non-hydrogen) atoms. The number of nitrogens with zero attached hydrogens (tertiary/aromatic N) is 5. The van der Waals surface area contributed by atoms with Crippen molar-refractivity contribution in [1.29, 1.82) is 0 Å². The molecular weight excluding hydrogens is 580 g/mol. The molecule has 8 rings (SSSR count). The van der Waals surface area contributed by atoms with E-state index in [2.05, 4.69) is 26.6 Å². The Morgan fingerprint density at radius 3 is 2.59 bits per heavy atom. The lowest BCUT2D eigenvalue weighted by atomic mass is 10.0. The van der Waals surface area contributed by atoms with E-state index >= 15 is 0 Å². The molecular formula is C35H38N8O3. The molecule has 1 saturated heterocycles. The molecule has 236 valence electrons. The van der Waals surface area contributed by atoms with Gasteiger partial charge in [0.15, 0.2) is 5.82 Å². The molecule has 2 aliphatic carbocycles. The number of urea groups is 1. The number of likely N-dealkylation sites (tertiary alicyclic amines) is 1. The van der Waals surface area contributed by atoms with Crippen molar-refractivity contribution in [2.24, 2.45) is 30.4 Å². The normalized spacial score (nSPS) is 20.6.